The van der Waals surface area contributed by atoms with E-state index >= 15 is 0 Å². The first-order valence-electron chi connectivity index (χ1n) is 9.34. The number of rotatable bonds is 7. The van der Waals surface area contributed by atoms with Crippen molar-refractivity contribution >= 4 is 35.1 Å². The van der Waals surface area contributed by atoms with E-state index in [1.54, 1.807) is 24.3 Å². The molecule has 0 unspecified atom stereocenters. The van der Waals surface area contributed by atoms with Gasteiger partial charge in [-0.25, -0.2) is 4.79 Å². The normalized spacial score (nSPS) is 10.3. The molecule has 0 atom stereocenters. The number of anilines is 4. The quantitative estimate of drug-likeness (QED) is 0.510. The molecule has 1 heterocycles. The van der Waals surface area contributed by atoms with Crippen LogP contribution in [0.2, 0.25) is 0 Å². The molecule has 0 aliphatic heterocycles. The molecular weight excluding hydrogens is 384 g/mol. The highest BCUT2D eigenvalue weighted by Crippen LogP contribution is 2.19. The highest BCUT2D eigenvalue weighted by molar-refractivity contribution is 5.92. The summed E-state index contributed by atoms with van der Waals surface area (Å²) in [4.78, 5) is 35.7. The molecule has 4 N–H and O–H groups in total. The van der Waals surface area contributed by atoms with Gasteiger partial charge in [0.05, 0.1) is 5.56 Å². The molecule has 0 spiro atoms. The summed E-state index contributed by atoms with van der Waals surface area (Å²) in [6.45, 7) is 3.30. The monoisotopic (exact) mass is 406 g/mol. The molecule has 0 saturated carbocycles. The topological polar surface area (TPSA) is 132 Å². The van der Waals surface area contributed by atoms with Gasteiger partial charge in [0.15, 0.2) is 12.4 Å². The van der Waals surface area contributed by atoms with E-state index in [0.717, 1.165) is 17.7 Å². The fraction of sp³-hybridized carbons (Fsp3) is 0.190. The van der Waals surface area contributed by atoms with Crippen LogP contribution in [0.5, 0.6) is 0 Å². The molecule has 3 aromatic rings. The van der Waals surface area contributed by atoms with Crippen molar-refractivity contribution in [3.8, 4) is 0 Å². The van der Waals surface area contributed by atoms with Gasteiger partial charge in [-0.15, -0.1) is 0 Å². The molecule has 1 amide bonds. The Morgan fingerprint density at radius 1 is 1.03 bits per heavy atom. The second-order valence-electron chi connectivity index (χ2n) is 6.40. The van der Waals surface area contributed by atoms with Crippen molar-refractivity contribution in [2.24, 2.45) is 0 Å². The summed E-state index contributed by atoms with van der Waals surface area (Å²) in [7, 11) is 0. The zero-order valence-corrected chi connectivity index (χ0v) is 16.7. The maximum atomic E-state index is 12.3. The predicted molar refractivity (Wildman–Crippen MR) is 113 cm³/mol. The van der Waals surface area contributed by atoms with Crippen LogP contribution in [-0.2, 0) is 22.6 Å². The Kier molecular flexibility index (Phi) is 6.53. The molecule has 2 aromatic carbocycles. The Morgan fingerprint density at radius 2 is 1.77 bits per heavy atom. The molecule has 3 rings (SSSR count). The molecule has 0 aliphatic rings. The maximum Gasteiger partial charge on any atom is 0.338 e. The second-order valence-corrected chi connectivity index (χ2v) is 6.40. The predicted octanol–water partition coefficient (Wildman–Crippen LogP) is 3.08. The zero-order valence-electron chi connectivity index (χ0n) is 16.7. The van der Waals surface area contributed by atoms with Gasteiger partial charge in [-0.2, -0.15) is 15.0 Å². The number of aryl methyl sites for hydroxylation is 1. The average Bonchev–Trinajstić information content (AvgIpc) is 2.72. The summed E-state index contributed by atoms with van der Waals surface area (Å²) in [5, 5.41) is 5.76. The van der Waals surface area contributed by atoms with Gasteiger partial charge < -0.3 is 21.1 Å². The lowest BCUT2D eigenvalue weighted by molar-refractivity contribution is -0.114. The molecule has 154 valence electrons. The maximum absolute atomic E-state index is 12.3. The fourth-order valence-corrected chi connectivity index (χ4v) is 2.74. The third-order valence-corrected chi connectivity index (χ3v) is 4.12. The van der Waals surface area contributed by atoms with Gasteiger partial charge >= 0.3 is 5.97 Å². The molecule has 0 aliphatic carbocycles. The third-order valence-electron chi connectivity index (χ3n) is 4.12. The van der Waals surface area contributed by atoms with Gasteiger partial charge in [0, 0.05) is 18.3 Å². The van der Waals surface area contributed by atoms with Crippen LogP contribution in [0.4, 0.5) is 23.3 Å². The number of esters is 1. The van der Waals surface area contributed by atoms with Gasteiger partial charge in [0.2, 0.25) is 17.8 Å². The lowest BCUT2D eigenvalue weighted by Crippen LogP contribution is -2.12. The summed E-state index contributed by atoms with van der Waals surface area (Å²) < 4.78 is 5.28. The van der Waals surface area contributed by atoms with Crippen LogP contribution >= 0.6 is 0 Å². The Labute approximate surface area is 173 Å². The number of carbonyl (C=O) groups is 2. The minimum atomic E-state index is -0.547. The highest BCUT2D eigenvalue weighted by atomic mass is 16.5. The Hall–Kier alpha value is -4.01. The highest BCUT2D eigenvalue weighted by Gasteiger charge is 2.11. The van der Waals surface area contributed by atoms with Crippen LogP contribution in [0.3, 0.4) is 0 Å². The smallest absolute Gasteiger partial charge is 0.338 e. The number of para-hydroxylation sites is 1. The van der Waals surface area contributed by atoms with E-state index in [-0.39, 0.29) is 30.2 Å². The molecule has 0 radical (unpaired) electrons. The summed E-state index contributed by atoms with van der Waals surface area (Å²) in [6.07, 6.45) is 0.842. The van der Waals surface area contributed by atoms with E-state index < -0.39 is 5.97 Å². The van der Waals surface area contributed by atoms with Gasteiger partial charge in [0.25, 0.3) is 0 Å². The SMILES string of the molecule is CCc1ccccc1Nc1nc(N)nc(COC(=O)c2ccc(NC(C)=O)cc2)n1. The Bertz CT molecular complexity index is 1050. The summed E-state index contributed by atoms with van der Waals surface area (Å²) in [5.74, 6) is -0.221. The molecule has 30 heavy (non-hydrogen) atoms. The van der Waals surface area contributed by atoms with Crippen molar-refractivity contribution < 1.29 is 14.3 Å². The molecule has 0 bridgehead atoms. The first-order chi connectivity index (χ1) is 14.4. The number of nitrogens with zero attached hydrogens (tertiary/aromatic N) is 3. The Balaban J connectivity index is 1.66. The number of nitrogen functional groups attached to an aromatic ring is 1. The molecular formula is C21H22N6O3. The number of carbonyl (C=O) groups excluding carboxylic acids is 2. The fourth-order valence-electron chi connectivity index (χ4n) is 2.74. The standard InChI is InChI=1S/C21H22N6O3/c1-3-14-6-4-5-7-17(14)24-21-26-18(25-20(22)27-21)12-30-19(29)15-8-10-16(11-9-15)23-13(2)28/h4-11H,3,12H2,1-2H3,(H,23,28)(H3,22,24,25,26,27). The number of nitrogens with two attached hydrogens (primary N) is 1. The van der Waals surface area contributed by atoms with Gasteiger partial charge in [0.1, 0.15) is 0 Å². The van der Waals surface area contributed by atoms with E-state index in [0.29, 0.717) is 11.3 Å². The van der Waals surface area contributed by atoms with E-state index in [2.05, 4.69) is 32.5 Å². The number of hydrogen-bond acceptors (Lipinski definition) is 8. The minimum absolute atomic E-state index is 0.0205. The molecule has 1 aromatic heterocycles. The van der Waals surface area contributed by atoms with E-state index in [1.807, 2.05) is 24.3 Å². The van der Waals surface area contributed by atoms with Gasteiger partial charge in [-0.3, -0.25) is 4.79 Å². The van der Waals surface area contributed by atoms with E-state index in [1.165, 1.54) is 6.92 Å². The molecule has 0 saturated heterocycles. The van der Waals surface area contributed by atoms with Gasteiger partial charge in [-0.05, 0) is 42.3 Å². The average molecular weight is 406 g/mol. The van der Waals surface area contributed by atoms with Crippen molar-refractivity contribution in [3.63, 3.8) is 0 Å². The number of nitrogens with one attached hydrogen (secondary N) is 2. The molecule has 0 fully saturated rings. The van der Waals surface area contributed by atoms with Crippen LogP contribution in [-0.4, -0.2) is 26.8 Å². The number of hydrogen-bond donors (Lipinski definition) is 3. The summed E-state index contributed by atoms with van der Waals surface area (Å²) in [5.41, 5.74) is 8.68. The van der Waals surface area contributed by atoms with Crippen LogP contribution in [0.25, 0.3) is 0 Å². The van der Waals surface area contributed by atoms with Crippen molar-refractivity contribution in [3.05, 3.63) is 65.5 Å². The number of amides is 1. The summed E-state index contributed by atoms with van der Waals surface area (Å²) in [6, 6.07) is 14.1. The zero-order chi connectivity index (χ0) is 21.5. The van der Waals surface area contributed by atoms with Crippen molar-refractivity contribution in [2.75, 3.05) is 16.4 Å². The molecule has 9 heteroatoms. The number of aromatic nitrogens is 3. The lowest BCUT2D eigenvalue weighted by Gasteiger charge is -2.11. The van der Waals surface area contributed by atoms with Crippen molar-refractivity contribution in [2.45, 2.75) is 26.9 Å². The first kappa shape index (κ1) is 20.7. The van der Waals surface area contributed by atoms with E-state index in [9.17, 15) is 9.59 Å². The second kappa shape index (κ2) is 9.46. The van der Waals surface area contributed by atoms with E-state index in [4.69, 9.17) is 10.5 Å². The molecule has 9 nitrogen and oxygen atoms in total. The number of benzene rings is 2. The van der Waals surface area contributed by atoms with Crippen LogP contribution < -0.4 is 16.4 Å². The first-order valence-corrected chi connectivity index (χ1v) is 9.34. The summed E-state index contributed by atoms with van der Waals surface area (Å²) >= 11 is 0. The van der Waals surface area contributed by atoms with Crippen molar-refractivity contribution in [1.29, 1.82) is 0 Å². The van der Waals surface area contributed by atoms with Crippen LogP contribution in [0.1, 0.15) is 35.6 Å². The minimum Gasteiger partial charge on any atom is -0.454 e. The van der Waals surface area contributed by atoms with Crippen LogP contribution in [0.15, 0.2) is 48.5 Å². The van der Waals surface area contributed by atoms with Crippen molar-refractivity contribution in [1.82, 2.24) is 15.0 Å². The van der Waals surface area contributed by atoms with Crippen LogP contribution in [0, 0.1) is 0 Å². The Morgan fingerprint density at radius 3 is 2.47 bits per heavy atom. The lowest BCUT2D eigenvalue weighted by atomic mass is 10.1. The third kappa shape index (κ3) is 5.51. The number of ether oxygens (including phenoxy) is 1. The largest absolute Gasteiger partial charge is 0.454 e. The van der Waals surface area contributed by atoms with Gasteiger partial charge in [-0.1, -0.05) is 25.1 Å².